The first-order valence-electron chi connectivity index (χ1n) is 13.9. The van der Waals surface area contributed by atoms with Gasteiger partial charge in [-0.15, -0.1) is 0 Å². The molecule has 5 fully saturated rings. The first kappa shape index (κ1) is 23.9. The van der Waals surface area contributed by atoms with E-state index < -0.39 is 0 Å². The van der Waals surface area contributed by atoms with Crippen LogP contribution in [-0.4, -0.2) is 6.10 Å². The summed E-state index contributed by atoms with van der Waals surface area (Å²) >= 11 is 0. The Hall–Kier alpha value is 0.130. The van der Waals surface area contributed by atoms with Gasteiger partial charge in [0.1, 0.15) is 0 Å². The highest BCUT2D eigenvalue weighted by molar-refractivity contribution is 7.09. The maximum Gasteiger partial charge on any atom is 0.0664 e. The molecule has 5 aliphatic carbocycles. The number of fused-ring (bicyclic) bond motifs is 7. The number of hydrogen-bond donors (Lipinski definition) is 0. The van der Waals surface area contributed by atoms with Crippen LogP contribution >= 0.6 is 9.47 Å². The molecule has 0 spiro atoms. The molecular formula is C30H51OP. The van der Waals surface area contributed by atoms with Gasteiger partial charge < -0.3 is 4.52 Å². The van der Waals surface area contributed by atoms with E-state index in [1.54, 1.807) is 0 Å². The smallest absolute Gasteiger partial charge is 0.0664 e. The summed E-state index contributed by atoms with van der Waals surface area (Å²) in [5, 5.41) is 0. The minimum absolute atomic E-state index is 0.273. The Labute approximate surface area is 201 Å². The van der Waals surface area contributed by atoms with Crippen molar-refractivity contribution in [2.45, 2.75) is 119 Å². The topological polar surface area (TPSA) is 9.23 Å². The quantitative estimate of drug-likeness (QED) is 0.297. The Balaban J connectivity index is 1.53. The van der Waals surface area contributed by atoms with Crippen LogP contribution in [0.15, 0.2) is 12.2 Å². The third-order valence-corrected chi connectivity index (χ3v) is 13.9. The molecule has 1 unspecified atom stereocenters. The zero-order valence-corrected chi connectivity index (χ0v) is 23.4. The van der Waals surface area contributed by atoms with Crippen molar-refractivity contribution in [1.29, 1.82) is 0 Å². The molecule has 5 rings (SSSR count). The molecule has 0 bridgehead atoms. The highest BCUT2D eigenvalue weighted by Crippen LogP contribution is 2.77. The molecule has 0 saturated heterocycles. The number of allylic oxidation sites excluding steroid dienone is 1. The minimum Gasteiger partial charge on any atom is -0.362 e. The second kappa shape index (κ2) is 7.32. The van der Waals surface area contributed by atoms with Crippen molar-refractivity contribution >= 4 is 9.47 Å². The molecule has 182 valence electrons. The SMILES string of the molecule is C=C(C)[C@@H]1CC[C@]2(C)CC[C@]3(C)[C@H](CC[C@@H]4[C@@]5(C)CC[C@H](OP)C(C)(C)[C@@H]5CC[C@]43C)[C@@H]12. The molecule has 0 amide bonds. The van der Waals surface area contributed by atoms with E-state index in [-0.39, 0.29) is 5.41 Å². The van der Waals surface area contributed by atoms with E-state index in [9.17, 15) is 0 Å². The van der Waals surface area contributed by atoms with Crippen LogP contribution in [0.4, 0.5) is 0 Å². The van der Waals surface area contributed by atoms with Crippen LogP contribution in [0.25, 0.3) is 0 Å². The molecule has 1 nitrogen and oxygen atoms in total. The summed E-state index contributed by atoms with van der Waals surface area (Å²) in [6.07, 6.45) is 14.5. The lowest BCUT2D eigenvalue weighted by Gasteiger charge is -2.73. The fourth-order valence-electron chi connectivity index (χ4n) is 11.7. The van der Waals surface area contributed by atoms with Gasteiger partial charge in [-0.25, -0.2) is 0 Å². The number of rotatable bonds is 2. The van der Waals surface area contributed by atoms with Gasteiger partial charge in [0.2, 0.25) is 0 Å². The van der Waals surface area contributed by atoms with E-state index in [0.717, 1.165) is 29.6 Å². The first-order chi connectivity index (χ1) is 14.8. The van der Waals surface area contributed by atoms with Gasteiger partial charge in [-0.05, 0) is 128 Å². The van der Waals surface area contributed by atoms with E-state index in [4.69, 9.17) is 4.52 Å². The largest absolute Gasteiger partial charge is 0.362 e. The molecule has 0 aromatic carbocycles. The van der Waals surface area contributed by atoms with Gasteiger partial charge >= 0.3 is 0 Å². The Morgan fingerprint density at radius 2 is 1.50 bits per heavy atom. The summed E-state index contributed by atoms with van der Waals surface area (Å²) in [5.74, 6) is 4.20. The second-order valence-electron chi connectivity index (χ2n) is 14.8. The molecule has 5 aliphatic rings. The summed E-state index contributed by atoms with van der Waals surface area (Å²) in [4.78, 5) is 0. The van der Waals surface area contributed by atoms with E-state index >= 15 is 0 Å². The normalized spacial score (nSPS) is 56.5. The van der Waals surface area contributed by atoms with Crippen LogP contribution in [0.5, 0.6) is 0 Å². The average Bonchev–Trinajstić information content (AvgIpc) is 3.06. The van der Waals surface area contributed by atoms with Crippen LogP contribution in [0, 0.1) is 56.7 Å². The van der Waals surface area contributed by atoms with Gasteiger partial charge in [0.15, 0.2) is 0 Å². The lowest BCUT2D eigenvalue weighted by atomic mass is 9.32. The third kappa shape index (κ3) is 2.83. The Morgan fingerprint density at radius 3 is 2.16 bits per heavy atom. The molecule has 0 radical (unpaired) electrons. The van der Waals surface area contributed by atoms with Gasteiger partial charge in [0, 0.05) is 9.47 Å². The molecule has 0 aromatic heterocycles. The van der Waals surface area contributed by atoms with Crippen molar-refractivity contribution in [2.24, 2.45) is 56.7 Å². The van der Waals surface area contributed by atoms with Crippen LogP contribution in [-0.2, 0) is 4.52 Å². The molecule has 32 heavy (non-hydrogen) atoms. The highest BCUT2D eigenvalue weighted by Gasteiger charge is 2.70. The summed E-state index contributed by atoms with van der Waals surface area (Å²) in [5.41, 5.74) is 3.75. The van der Waals surface area contributed by atoms with Crippen molar-refractivity contribution in [1.82, 2.24) is 0 Å². The third-order valence-electron chi connectivity index (χ3n) is 13.6. The van der Waals surface area contributed by atoms with Crippen molar-refractivity contribution in [3.63, 3.8) is 0 Å². The zero-order valence-electron chi connectivity index (χ0n) is 22.2. The predicted molar refractivity (Wildman–Crippen MR) is 139 cm³/mol. The molecule has 11 atom stereocenters. The average molecular weight is 459 g/mol. The first-order valence-corrected chi connectivity index (χ1v) is 14.3. The van der Waals surface area contributed by atoms with Crippen LogP contribution in [0.3, 0.4) is 0 Å². The molecule has 0 heterocycles. The van der Waals surface area contributed by atoms with Crippen molar-refractivity contribution in [2.75, 3.05) is 0 Å². The van der Waals surface area contributed by atoms with Crippen molar-refractivity contribution < 1.29 is 4.52 Å². The number of hydrogen-bond acceptors (Lipinski definition) is 1. The molecule has 0 N–H and O–H groups in total. The fourth-order valence-corrected chi connectivity index (χ4v) is 12.2. The molecule has 5 saturated carbocycles. The van der Waals surface area contributed by atoms with Crippen LogP contribution < -0.4 is 0 Å². The molecule has 0 aromatic rings. The van der Waals surface area contributed by atoms with Gasteiger partial charge in [0.25, 0.3) is 0 Å². The van der Waals surface area contributed by atoms with E-state index in [1.165, 1.54) is 69.8 Å². The predicted octanol–water partition coefficient (Wildman–Crippen LogP) is 8.84. The van der Waals surface area contributed by atoms with Crippen molar-refractivity contribution in [3.05, 3.63) is 12.2 Å². The summed E-state index contributed by atoms with van der Waals surface area (Å²) < 4.78 is 5.97. The second-order valence-corrected chi connectivity index (χ2v) is 15.1. The van der Waals surface area contributed by atoms with Gasteiger partial charge in [-0.2, -0.15) is 0 Å². The fraction of sp³-hybridized carbons (Fsp3) is 0.933. The Kier molecular flexibility index (Phi) is 5.46. The van der Waals surface area contributed by atoms with E-state index in [1.807, 2.05) is 0 Å². The van der Waals surface area contributed by atoms with E-state index in [0.29, 0.717) is 27.8 Å². The van der Waals surface area contributed by atoms with Crippen LogP contribution in [0.1, 0.15) is 113 Å². The summed E-state index contributed by atoms with van der Waals surface area (Å²) in [6, 6.07) is 0. The maximum atomic E-state index is 5.97. The Bertz CT molecular complexity index is 788. The van der Waals surface area contributed by atoms with Gasteiger partial charge in [0.05, 0.1) is 6.10 Å². The molecular weight excluding hydrogens is 407 g/mol. The zero-order chi connectivity index (χ0) is 23.3. The van der Waals surface area contributed by atoms with Gasteiger partial charge in [-0.3, -0.25) is 0 Å². The molecule has 0 aliphatic heterocycles. The summed E-state index contributed by atoms with van der Waals surface area (Å²) in [6.45, 7) is 22.8. The lowest BCUT2D eigenvalue weighted by molar-refractivity contribution is -0.244. The summed E-state index contributed by atoms with van der Waals surface area (Å²) in [7, 11) is 2.59. The van der Waals surface area contributed by atoms with Gasteiger partial charge in [-0.1, -0.05) is 53.7 Å². The monoisotopic (exact) mass is 458 g/mol. The standard InChI is InChI=1S/C30H51OP/c1-19(2)20-11-14-27(5)17-18-29(7)21(25(20)27)9-10-23-28(6)15-13-24(31-32)26(3,4)22(28)12-16-30(23,29)8/h20-25H,1,9-18,32H2,2-8H3/t20-,21+,22-,23+,24-,25+,27+,28-,29+,30+/m0/s1. The highest BCUT2D eigenvalue weighted by atomic mass is 31.0. The maximum absolute atomic E-state index is 5.97. The van der Waals surface area contributed by atoms with Crippen LogP contribution in [0.2, 0.25) is 0 Å². The lowest BCUT2D eigenvalue weighted by Crippen LogP contribution is -2.66. The van der Waals surface area contributed by atoms with E-state index in [2.05, 4.69) is 64.5 Å². The Morgan fingerprint density at radius 1 is 0.781 bits per heavy atom. The molecule has 2 heteroatoms. The van der Waals surface area contributed by atoms with Crippen molar-refractivity contribution in [3.8, 4) is 0 Å². The minimum atomic E-state index is 0.273.